The molecule has 1 N–H and O–H groups in total. The van der Waals surface area contributed by atoms with Crippen LogP contribution in [0.25, 0.3) is 44.1 Å². The number of benzene rings is 6. The number of halogens is 3. The van der Waals surface area contributed by atoms with E-state index in [2.05, 4.69) is 51.2 Å². The van der Waals surface area contributed by atoms with Gasteiger partial charge in [0.15, 0.2) is 0 Å². The molecule has 8 aromatic rings. The molecule has 47 heavy (non-hydrogen) atoms. The van der Waals surface area contributed by atoms with E-state index >= 15 is 0 Å². The highest BCUT2D eigenvalue weighted by molar-refractivity contribution is 6.27. The largest absolute Gasteiger partial charge is 0.418 e. The van der Waals surface area contributed by atoms with E-state index in [1.54, 1.807) is 16.7 Å². The van der Waals surface area contributed by atoms with Gasteiger partial charge in [-0.2, -0.15) is 13.2 Å². The molecule has 1 unspecified atom stereocenters. The van der Waals surface area contributed by atoms with Gasteiger partial charge in [0.25, 0.3) is 0 Å². The number of fused-ring (bicyclic) bond motifs is 7. The molecule has 9 rings (SSSR count). The normalized spacial score (nSPS) is 14.6. The van der Waals surface area contributed by atoms with Crippen LogP contribution in [0.3, 0.4) is 0 Å². The number of para-hydroxylation sites is 4. The Hall–Kier alpha value is -5.95. The zero-order valence-corrected chi connectivity index (χ0v) is 25.0. The monoisotopic (exact) mass is 620 g/mol. The molecular weight excluding hydrogens is 593 g/mol. The van der Waals surface area contributed by atoms with E-state index in [-0.39, 0.29) is 11.9 Å². The van der Waals surface area contributed by atoms with E-state index < -0.39 is 11.7 Å². The van der Waals surface area contributed by atoms with Crippen molar-refractivity contribution >= 4 is 49.9 Å². The highest BCUT2D eigenvalue weighted by atomic mass is 19.4. The Bertz CT molecular complexity index is 2430. The lowest BCUT2D eigenvalue weighted by molar-refractivity contribution is -0.137. The van der Waals surface area contributed by atoms with Crippen LogP contribution in [0.2, 0.25) is 0 Å². The number of alkyl halides is 3. The molecule has 0 amide bonds. The average molecular weight is 621 g/mol. The first-order valence-electron chi connectivity index (χ1n) is 15.5. The lowest BCUT2D eigenvalue weighted by Gasteiger charge is -2.28. The van der Waals surface area contributed by atoms with Gasteiger partial charge < -0.3 is 14.8 Å². The van der Waals surface area contributed by atoms with Crippen molar-refractivity contribution in [1.82, 2.24) is 9.13 Å². The minimum absolute atomic E-state index is 0.102. The molecule has 228 valence electrons. The molecule has 3 heterocycles. The Labute approximate surface area is 268 Å². The van der Waals surface area contributed by atoms with Crippen LogP contribution in [-0.4, -0.2) is 9.13 Å². The quantitative estimate of drug-likeness (QED) is 0.212. The van der Waals surface area contributed by atoms with Crippen LogP contribution in [-0.2, 0) is 6.18 Å². The maximum atomic E-state index is 14.5. The molecule has 0 saturated carbocycles. The number of hydrogen-bond acceptors (Lipinski definition) is 2. The van der Waals surface area contributed by atoms with Gasteiger partial charge in [-0.05, 0) is 60.2 Å². The summed E-state index contributed by atoms with van der Waals surface area (Å²) in [4.78, 5) is 2.32. The van der Waals surface area contributed by atoms with Gasteiger partial charge >= 0.3 is 6.18 Å². The minimum Gasteiger partial charge on any atom is -0.345 e. The van der Waals surface area contributed by atoms with Crippen LogP contribution in [0, 0.1) is 0 Å². The van der Waals surface area contributed by atoms with Crippen molar-refractivity contribution in [1.29, 1.82) is 0 Å². The van der Waals surface area contributed by atoms with E-state index in [1.807, 2.05) is 91.0 Å². The number of rotatable bonds is 4. The van der Waals surface area contributed by atoms with Gasteiger partial charge in [0.1, 0.15) is 12.0 Å². The van der Waals surface area contributed by atoms with E-state index in [4.69, 9.17) is 0 Å². The molecule has 1 aliphatic rings. The number of hydrogen-bond donors (Lipinski definition) is 1. The lowest BCUT2D eigenvalue weighted by atomic mass is 10.1. The van der Waals surface area contributed by atoms with Crippen molar-refractivity contribution in [3.05, 3.63) is 163 Å². The predicted octanol–water partition coefficient (Wildman–Crippen LogP) is 11.0. The summed E-state index contributed by atoms with van der Waals surface area (Å²) >= 11 is 0. The van der Waals surface area contributed by atoms with Crippen LogP contribution in [0.1, 0.15) is 17.3 Å². The summed E-state index contributed by atoms with van der Waals surface area (Å²) in [5.41, 5.74) is 5.86. The molecule has 7 heteroatoms. The number of aromatic nitrogens is 2. The molecule has 6 aromatic carbocycles. The fraction of sp³-hybridized carbons (Fsp3) is 0.0500. The van der Waals surface area contributed by atoms with Crippen LogP contribution in [0.15, 0.2) is 152 Å². The zero-order chi connectivity index (χ0) is 31.7. The standard InChI is InChI=1S/C40H27F3N4/c41-40(42,43)30-21-11-13-23-32(30)47-31-22-12-10-20-29(31)35-33(47)24-25-34-36(35)37-39(45(34)27-16-6-2-7-17-27)44-38(26-14-4-1-5-15-26)46(37)28-18-8-3-9-19-28/h1-25,38,44H. The van der Waals surface area contributed by atoms with E-state index in [9.17, 15) is 13.2 Å². The van der Waals surface area contributed by atoms with Crippen LogP contribution < -0.4 is 10.2 Å². The molecule has 0 spiro atoms. The first-order chi connectivity index (χ1) is 23.0. The first kappa shape index (κ1) is 27.4. The molecule has 1 atom stereocenters. The molecule has 1 aliphatic heterocycles. The molecule has 2 aromatic heterocycles. The Morgan fingerprint density at radius 3 is 1.79 bits per heavy atom. The smallest absolute Gasteiger partial charge is 0.345 e. The summed E-state index contributed by atoms with van der Waals surface area (Å²) < 4.78 is 47.4. The van der Waals surface area contributed by atoms with Gasteiger partial charge in [0, 0.05) is 27.5 Å². The molecule has 0 aliphatic carbocycles. The Kier molecular flexibility index (Phi) is 5.99. The molecule has 0 fully saturated rings. The van der Waals surface area contributed by atoms with E-state index in [0.29, 0.717) is 11.0 Å². The van der Waals surface area contributed by atoms with Gasteiger partial charge in [0.05, 0.1) is 33.5 Å². The molecule has 0 radical (unpaired) electrons. The van der Waals surface area contributed by atoms with Crippen LogP contribution in [0.4, 0.5) is 30.4 Å². The van der Waals surface area contributed by atoms with Gasteiger partial charge in [0.2, 0.25) is 0 Å². The summed E-state index contributed by atoms with van der Waals surface area (Å²) in [7, 11) is 0. The third-order valence-electron chi connectivity index (χ3n) is 9.13. The molecule has 0 bridgehead atoms. The Morgan fingerprint density at radius 1 is 0.511 bits per heavy atom. The highest BCUT2D eigenvalue weighted by Gasteiger charge is 2.39. The van der Waals surface area contributed by atoms with Gasteiger partial charge in [-0.1, -0.05) is 97.1 Å². The lowest BCUT2D eigenvalue weighted by Crippen LogP contribution is -2.24. The predicted molar refractivity (Wildman–Crippen MR) is 184 cm³/mol. The van der Waals surface area contributed by atoms with Crippen molar-refractivity contribution in [2.75, 3.05) is 10.2 Å². The third kappa shape index (κ3) is 4.09. The zero-order valence-electron chi connectivity index (χ0n) is 25.0. The first-order valence-corrected chi connectivity index (χ1v) is 15.5. The second kappa shape index (κ2) is 10.3. The molecule has 0 saturated heterocycles. The SMILES string of the molecule is FC(F)(F)c1ccccc1-n1c2ccccc2c2c3c4c(n(-c5ccccc5)c3ccc21)NC(c1ccccc1)N4c1ccccc1. The number of nitrogens with one attached hydrogen (secondary N) is 1. The topological polar surface area (TPSA) is 25.1 Å². The van der Waals surface area contributed by atoms with Crippen molar-refractivity contribution in [2.45, 2.75) is 12.3 Å². The number of nitrogens with zero attached hydrogens (tertiary/aromatic N) is 3. The maximum absolute atomic E-state index is 14.5. The van der Waals surface area contributed by atoms with Gasteiger partial charge in [-0.3, -0.25) is 4.57 Å². The fourth-order valence-electron chi connectivity index (χ4n) is 7.26. The highest BCUT2D eigenvalue weighted by Crippen LogP contribution is 2.55. The summed E-state index contributed by atoms with van der Waals surface area (Å²) in [5, 5.41) is 6.62. The van der Waals surface area contributed by atoms with E-state index in [1.165, 1.54) is 6.07 Å². The second-order valence-electron chi connectivity index (χ2n) is 11.8. The summed E-state index contributed by atoms with van der Waals surface area (Å²) in [5.74, 6) is 0.920. The third-order valence-corrected chi connectivity index (χ3v) is 9.13. The molecule has 4 nitrogen and oxygen atoms in total. The Morgan fingerprint density at radius 2 is 1.09 bits per heavy atom. The summed E-state index contributed by atoms with van der Waals surface area (Å²) in [6.07, 6.45) is -4.75. The fourth-order valence-corrected chi connectivity index (χ4v) is 7.26. The molecular formula is C40H27F3N4. The van der Waals surface area contributed by atoms with Gasteiger partial charge in [-0.25, -0.2) is 0 Å². The summed E-state index contributed by atoms with van der Waals surface area (Å²) in [6.45, 7) is 0. The van der Waals surface area contributed by atoms with Crippen molar-refractivity contribution in [2.24, 2.45) is 0 Å². The number of anilines is 3. The average Bonchev–Trinajstić information content (AvgIpc) is 3.76. The van der Waals surface area contributed by atoms with Gasteiger partial charge in [-0.15, -0.1) is 0 Å². The van der Waals surface area contributed by atoms with Crippen molar-refractivity contribution in [3.8, 4) is 11.4 Å². The summed E-state index contributed by atoms with van der Waals surface area (Å²) in [6, 6.07) is 48.3. The van der Waals surface area contributed by atoms with Crippen molar-refractivity contribution in [3.63, 3.8) is 0 Å². The van der Waals surface area contributed by atoms with E-state index in [0.717, 1.165) is 56.2 Å². The maximum Gasteiger partial charge on any atom is 0.418 e. The van der Waals surface area contributed by atoms with Crippen LogP contribution in [0.5, 0.6) is 0 Å². The second-order valence-corrected chi connectivity index (χ2v) is 11.8. The Balaban J connectivity index is 1.46. The minimum atomic E-state index is -4.52. The van der Waals surface area contributed by atoms with Crippen LogP contribution >= 0.6 is 0 Å². The van der Waals surface area contributed by atoms with Crippen molar-refractivity contribution < 1.29 is 13.2 Å².